The van der Waals surface area contributed by atoms with Crippen LogP contribution in [0, 0.1) is 5.82 Å². The molecular formula is C14H10Br2FNO3. The standard InChI is InChI=1S/C14H10Br2FNO3/c15-9-3-7(4-10(16)13(9)19)6-18-12-5-8(14(20)21)1-2-11(12)17/h1-5,18-19H,6H2,(H,20,21). The van der Waals surface area contributed by atoms with Gasteiger partial charge in [-0.25, -0.2) is 9.18 Å². The summed E-state index contributed by atoms with van der Waals surface area (Å²) < 4.78 is 14.7. The average molecular weight is 419 g/mol. The summed E-state index contributed by atoms with van der Waals surface area (Å²) in [5.41, 5.74) is 0.897. The van der Waals surface area contributed by atoms with E-state index in [1.54, 1.807) is 12.1 Å². The third-order valence-corrected chi connectivity index (χ3v) is 3.98. The molecule has 0 bridgehead atoms. The molecule has 0 aliphatic heterocycles. The molecule has 2 aromatic carbocycles. The number of phenolic OH excluding ortho intramolecular Hbond substituents is 1. The van der Waals surface area contributed by atoms with E-state index < -0.39 is 11.8 Å². The summed E-state index contributed by atoms with van der Waals surface area (Å²) in [6.45, 7) is 0.275. The van der Waals surface area contributed by atoms with Crippen molar-refractivity contribution in [3.63, 3.8) is 0 Å². The van der Waals surface area contributed by atoms with Crippen molar-refractivity contribution in [3.8, 4) is 5.75 Å². The van der Waals surface area contributed by atoms with Gasteiger partial charge in [0, 0.05) is 6.54 Å². The van der Waals surface area contributed by atoms with Gasteiger partial charge in [-0.15, -0.1) is 0 Å². The molecule has 21 heavy (non-hydrogen) atoms. The van der Waals surface area contributed by atoms with Gasteiger partial charge in [0.2, 0.25) is 0 Å². The number of carboxylic acids is 1. The number of rotatable bonds is 4. The Bertz CT molecular complexity index is 684. The SMILES string of the molecule is O=C(O)c1ccc(F)c(NCc2cc(Br)c(O)c(Br)c2)c1. The van der Waals surface area contributed by atoms with E-state index in [0.717, 1.165) is 11.6 Å². The van der Waals surface area contributed by atoms with Crippen LogP contribution in [-0.2, 0) is 6.54 Å². The van der Waals surface area contributed by atoms with E-state index >= 15 is 0 Å². The third kappa shape index (κ3) is 3.74. The molecule has 0 spiro atoms. The van der Waals surface area contributed by atoms with Crippen LogP contribution in [0.15, 0.2) is 39.3 Å². The topological polar surface area (TPSA) is 69.6 Å². The van der Waals surface area contributed by atoms with Crippen LogP contribution in [-0.4, -0.2) is 16.2 Å². The average Bonchev–Trinajstić information content (AvgIpc) is 2.43. The van der Waals surface area contributed by atoms with Crippen molar-refractivity contribution in [3.05, 3.63) is 56.2 Å². The molecule has 110 valence electrons. The predicted molar refractivity (Wildman–Crippen MR) is 84.2 cm³/mol. The highest BCUT2D eigenvalue weighted by Crippen LogP contribution is 2.33. The highest BCUT2D eigenvalue weighted by Gasteiger charge is 2.10. The minimum atomic E-state index is -1.12. The maximum Gasteiger partial charge on any atom is 0.335 e. The van der Waals surface area contributed by atoms with E-state index in [1.807, 2.05) is 0 Å². The molecule has 0 saturated heterocycles. The van der Waals surface area contributed by atoms with E-state index in [1.165, 1.54) is 12.1 Å². The molecule has 0 aliphatic rings. The van der Waals surface area contributed by atoms with E-state index in [-0.39, 0.29) is 23.5 Å². The molecule has 2 aromatic rings. The van der Waals surface area contributed by atoms with Crippen molar-refractivity contribution in [2.24, 2.45) is 0 Å². The van der Waals surface area contributed by atoms with Gasteiger partial charge in [0.15, 0.2) is 0 Å². The number of carbonyl (C=O) groups is 1. The van der Waals surface area contributed by atoms with Gasteiger partial charge in [-0.1, -0.05) is 0 Å². The van der Waals surface area contributed by atoms with Gasteiger partial charge in [0.25, 0.3) is 0 Å². The molecule has 0 amide bonds. The second kappa shape index (κ2) is 6.44. The number of halogens is 3. The minimum Gasteiger partial charge on any atom is -0.506 e. The van der Waals surface area contributed by atoms with Gasteiger partial charge in [0.05, 0.1) is 20.2 Å². The lowest BCUT2D eigenvalue weighted by molar-refractivity contribution is 0.0697. The third-order valence-electron chi connectivity index (χ3n) is 2.77. The molecule has 0 radical (unpaired) electrons. The summed E-state index contributed by atoms with van der Waals surface area (Å²) >= 11 is 6.42. The molecule has 7 heteroatoms. The van der Waals surface area contributed by atoms with Crippen LogP contribution < -0.4 is 5.32 Å². The monoisotopic (exact) mass is 417 g/mol. The molecule has 2 rings (SSSR count). The van der Waals surface area contributed by atoms with E-state index in [0.29, 0.717) is 8.95 Å². The predicted octanol–water partition coefficient (Wildman–Crippen LogP) is 4.37. The van der Waals surface area contributed by atoms with Gasteiger partial charge < -0.3 is 15.5 Å². The lowest BCUT2D eigenvalue weighted by Gasteiger charge is -2.10. The van der Waals surface area contributed by atoms with Crippen LogP contribution in [0.3, 0.4) is 0 Å². The molecule has 0 aliphatic carbocycles. The zero-order valence-electron chi connectivity index (χ0n) is 10.5. The Morgan fingerprint density at radius 1 is 1.19 bits per heavy atom. The quantitative estimate of drug-likeness (QED) is 0.689. The van der Waals surface area contributed by atoms with Crippen molar-refractivity contribution in [2.45, 2.75) is 6.54 Å². The zero-order chi connectivity index (χ0) is 15.6. The van der Waals surface area contributed by atoms with Gasteiger partial charge in [-0.05, 0) is 67.8 Å². The molecule has 0 aromatic heterocycles. The lowest BCUT2D eigenvalue weighted by Crippen LogP contribution is -2.04. The summed E-state index contributed by atoms with van der Waals surface area (Å²) in [5, 5.41) is 21.4. The smallest absolute Gasteiger partial charge is 0.335 e. The van der Waals surface area contributed by atoms with Crippen molar-refractivity contribution >= 4 is 43.5 Å². The fourth-order valence-corrected chi connectivity index (χ4v) is 2.99. The van der Waals surface area contributed by atoms with Crippen molar-refractivity contribution < 1.29 is 19.4 Å². The number of aromatic carboxylic acids is 1. The first kappa shape index (κ1) is 15.8. The minimum absolute atomic E-state index is 0.00645. The van der Waals surface area contributed by atoms with Crippen molar-refractivity contribution in [1.29, 1.82) is 0 Å². The number of benzene rings is 2. The summed E-state index contributed by atoms with van der Waals surface area (Å²) in [7, 11) is 0. The maximum absolute atomic E-state index is 13.6. The molecule has 0 saturated carbocycles. The zero-order valence-corrected chi connectivity index (χ0v) is 13.7. The molecule has 0 heterocycles. The number of phenols is 1. The Hall–Kier alpha value is -1.60. The van der Waals surface area contributed by atoms with Gasteiger partial charge in [-0.3, -0.25) is 0 Å². The fraction of sp³-hybridized carbons (Fsp3) is 0.0714. The van der Waals surface area contributed by atoms with Crippen molar-refractivity contribution in [1.82, 2.24) is 0 Å². The summed E-state index contributed by atoms with van der Waals surface area (Å²) in [6.07, 6.45) is 0. The number of hydrogen-bond acceptors (Lipinski definition) is 3. The Morgan fingerprint density at radius 3 is 2.38 bits per heavy atom. The summed E-state index contributed by atoms with van der Waals surface area (Å²) in [4.78, 5) is 10.9. The van der Waals surface area contributed by atoms with Crippen LogP contribution >= 0.6 is 31.9 Å². The van der Waals surface area contributed by atoms with Gasteiger partial charge >= 0.3 is 5.97 Å². The van der Waals surface area contributed by atoms with Crippen LogP contribution in [0.5, 0.6) is 5.75 Å². The molecule has 4 nitrogen and oxygen atoms in total. The maximum atomic E-state index is 13.6. The first-order valence-corrected chi connectivity index (χ1v) is 7.40. The number of nitrogens with one attached hydrogen (secondary N) is 1. The van der Waals surface area contributed by atoms with Crippen LogP contribution in [0.25, 0.3) is 0 Å². The molecule has 0 fully saturated rings. The highest BCUT2D eigenvalue weighted by molar-refractivity contribution is 9.11. The summed E-state index contributed by atoms with van der Waals surface area (Å²) in [6, 6.07) is 6.92. The van der Waals surface area contributed by atoms with E-state index in [4.69, 9.17) is 5.11 Å². The molecule has 0 atom stereocenters. The van der Waals surface area contributed by atoms with E-state index in [2.05, 4.69) is 37.2 Å². The number of hydrogen-bond donors (Lipinski definition) is 3. The molecule has 3 N–H and O–H groups in total. The highest BCUT2D eigenvalue weighted by atomic mass is 79.9. The van der Waals surface area contributed by atoms with Gasteiger partial charge in [-0.2, -0.15) is 0 Å². The number of aromatic hydroxyl groups is 1. The normalized spacial score (nSPS) is 10.4. The first-order chi connectivity index (χ1) is 9.88. The summed E-state index contributed by atoms with van der Waals surface area (Å²) in [5.74, 6) is -1.57. The van der Waals surface area contributed by atoms with Crippen LogP contribution in [0.2, 0.25) is 0 Å². The Morgan fingerprint density at radius 2 is 1.81 bits per heavy atom. The number of carboxylic acid groups (broad SMARTS) is 1. The Labute approximate surface area is 136 Å². The lowest BCUT2D eigenvalue weighted by atomic mass is 10.1. The Kier molecular flexibility index (Phi) is 4.84. The first-order valence-electron chi connectivity index (χ1n) is 5.82. The molecule has 0 unspecified atom stereocenters. The fourth-order valence-electron chi connectivity index (χ4n) is 1.71. The second-order valence-corrected chi connectivity index (χ2v) is 5.97. The second-order valence-electron chi connectivity index (χ2n) is 4.26. The van der Waals surface area contributed by atoms with Crippen LogP contribution in [0.4, 0.5) is 10.1 Å². The largest absolute Gasteiger partial charge is 0.506 e. The van der Waals surface area contributed by atoms with Crippen LogP contribution in [0.1, 0.15) is 15.9 Å². The molecular weight excluding hydrogens is 409 g/mol. The number of anilines is 1. The van der Waals surface area contributed by atoms with Gasteiger partial charge in [0.1, 0.15) is 11.6 Å². The van der Waals surface area contributed by atoms with E-state index in [9.17, 15) is 14.3 Å². The Balaban J connectivity index is 2.20. The van der Waals surface area contributed by atoms with Crippen molar-refractivity contribution in [2.75, 3.05) is 5.32 Å².